The Morgan fingerprint density at radius 1 is 0.963 bits per heavy atom. The van der Waals surface area contributed by atoms with Crippen molar-refractivity contribution < 1.29 is 19.1 Å². The van der Waals surface area contributed by atoms with Gasteiger partial charge in [0.25, 0.3) is 5.91 Å². The number of primary amides is 1. The van der Waals surface area contributed by atoms with E-state index in [2.05, 4.69) is 10.6 Å². The average Bonchev–Trinajstić information content (AvgIpc) is 2.61. The van der Waals surface area contributed by atoms with Crippen LogP contribution in [0.4, 0.5) is 5.69 Å². The van der Waals surface area contributed by atoms with Crippen LogP contribution >= 0.6 is 0 Å². The number of amides is 3. The van der Waals surface area contributed by atoms with Gasteiger partial charge in [0.15, 0.2) is 6.61 Å². The molecule has 3 amide bonds. The Balaban J connectivity index is 1.80. The van der Waals surface area contributed by atoms with E-state index in [-0.39, 0.29) is 19.1 Å². The van der Waals surface area contributed by atoms with Crippen LogP contribution in [0.5, 0.6) is 5.75 Å². The Bertz CT molecular complexity index is 837. The first-order chi connectivity index (χ1) is 12.8. The van der Waals surface area contributed by atoms with Crippen molar-refractivity contribution in [3.63, 3.8) is 0 Å². The molecule has 0 spiro atoms. The van der Waals surface area contributed by atoms with Gasteiger partial charge in [-0.05, 0) is 56.2 Å². The predicted molar refractivity (Wildman–Crippen MR) is 103 cm³/mol. The van der Waals surface area contributed by atoms with Gasteiger partial charge >= 0.3 is 0 Å². The first-order valence-corrected chi connectivity index (χ1v) is 8.43. The Labute approximate surface area is 157 Å². The van der Waals surface area contributed by atoms with Crippen molar-refractivity contribution in [2.75, 3.05) is 18.5 Å². The van der Waals surface area contributed by atoms with Crippen molar-refractivity contribution in [1.29, 1.82) is 0 Å². The Morgan fingerprint density at radius 2 is 1.56 bits per heavy atom. The molecule has 0 heterocycles. The molecule has 0 bridgehead atoms. The molecule has 27 heavy (non-hydrogen) atoms. The highest BCUT2D eigenvalue weighted by Crippen LogP contribution is 2.21. The van der Waals surface area contributed by atoms with Gasteiger partial charge in [-0.2, -0.15) is 0 Å². The van der Waals surface area contributed by atoms with Crippen molar-refractivity contribution in [1.82, 2.24) is 5.32 Å². The number of hydrogen-bond donors (Lipinski definition) is 3. The van der Waals surface area contributed by atoms with Gasteiger partial charge in [0.1, 0.15) is 5.75 Å². The van der Waals surface area contributed by atoms with E-state index in [1.54, 1.807) is 12.1 Å². The minimum atomic E-state index is -0.538. The molecule has 2 aromatic carbocycles. The van der Waals surface area contributed by atoms with Crippen LogP contribution in [0.25, 0.3) is 0 Å². The molecule has 7 heteroatoms. The molecule has 7 nitrogen and oxygen atoms in total. The molecule has 0 aliphatic rings. The minimum absolute atomic E-state index is 0.157. The molecule has 0 atom stereocenters. The number of benzene rings is 2. The van der Waals surface area contributed by atoms with E-state index in [9.17, 15) is 14.4 Å². The van der Waals surface area contributed by atoms with Crippen LogP contribution in [0.2, 0.25) is 0 Å². The fourth-order valence-electron chi connectivity index (χ4n) is 2.66. The zero-order valence-corrected chi connectivity index (χ0v) is 15.6. The number of carbonyl (C=O) groups excluding carboxylic acids is 3. The van der Waals surface area contributed by atoms with Crippen molar-refractivity contribution in [2.24, 2.45) is 5.73 Å². The van der Waals surface area contributed by atoms with Crippen LogP contribution in [0, 0.1) is 20.8 Å². The van der Waals surface area contributed by atoms with Crippen molar-refractivity contribution in [3.05, 3.63) is 58.7 Å². The summed E-state index contributed by atoms with van der Waals surface area (Å²) in [4.78, 5) is 34.9. The van der Waals surface area contributed by atoms with Gasteiger partial charge < -0.3 is 21.1 Å². The summed E-state index contributed by atoms with van der Waals surface area (Å²) >= 11 is 0. The number of anilines is 1. The third-order valence-corrected chi connectivity index (χ3v) is 3.90. The maximum absolute atomic E-state index is 12.1. The third-order valence-electron chi connectivity index (χ3n) is 3.90. The van der Waals surface area contributed by atoms with E-state index in [1.807, 2.05) is 32.9 Å². The average molecular weight is 369 g/mol. The minimum Gasteiger partial charge on any atom is -0.484 e. The van der Waals surface area contributed by atoms with E-state index in [0.717, 1.165) is 22.4 Å². The molecule has 0 aromatic heterocycles. The largest absolute Gasteiger partial charge is 0.484 e. The second-order valence-electron chi connectivity index (χ2n) is 6.28. The number of aryl methyl sites for hydroxylation is 3. The summed E-state index contributed by atoms with van der Waals surface area (Å²) in [7, 11) is 0. The Hall–Kier alpha value is -3.35. The normalized spacial score (nSPS) is 10.2. The van der Waals surface area contributed by atoms with E-state index in [4.69, 9.17) is 10.5 Å². The Kier molecular flexibility index (Phi) is 6.54. The lowest BCUT2D eigenvalue weighted by Crippen LogP contribution is -2.36. The van der Waals surface area contributed by atoms with Crippen molar-refractivity contribution in [2.45, 2.75) is 20.8 Å². The maximum Gasteiger partial charge on any atom is 0.258 e. The summed E-state index contributed by atoms with van der Waals surface area (Å²) in [5, 5.41) is 5.32. The zero-order chi connectivity index (χ0) is 20.0. The number of ether oxygens (including phenoxy) is 1. The summed E-state index contributed by atoms with van der Waals surface area (Å²) < 4.78 is 5.31. The van der Waals surface area contributed by atoms with E-state index >= 15 is 0 Å². The molecule has 0 radical (unpaired) electrons. The van der Waals surface area contributed by atoms with E-state index < -0.39 is 11.8 Å². The molecule has 0 aliphatic carbocycles. The highest BCUT2D eigenvalue weighted by molar-refractivity contribution is 5.96. The molecular formula is C20H23N3O4. The lowest BCUT2D eigenvalue weighted by Gasteiger charge is -2.13. The van der Waals surface area contributed by atoms with Crippen LogP contribution in [0.1, 0.15) is 27.0 Å². The lowest BCUT2D eigenvalue weighted by atomic mass is 10.1. The molecule has 0 saturated carbocycles. The zero-order valence-electron chi connectivity index (χ0n) is 15.6. The van der Waals surface area contributed by atoms with Crippen molar-refractivity contribution in [3.8, 4) is 5.75 Å². The summed E-state index contributed by atoms with van der Waals surface area (Å²) in [6, 6.07) is 10.1. The van der Waals surface area contributed by atoms with Gasteiger partial charge in [0.05, 0.1) is 6.54 Å². The van der Waals surface area contributed by atoms with Gasteiger partial charge in [0, 0.05) is 11.3 Å². The topological polar surface area (TPSA) is 111 Å². The van der Waals surface area contributed by atoms with Gasteiger partial charge in [-0.25, -0.2) is 0 Å². The third kappa shape index (κ3) is 5.85. The summed E-state index contributed by atoms with van der Waals surface area (Å²) in [5.41, 5.74) is 9.32. The number of nitrogens with two attached hydrogens (primary N) is 1. The van der Waals surface area contributed by atoms with Crippen LogP contribution in [-0.4, -0.2) is 30.9 Å². The smallest absolute Gasteiger partial charge is 0.258 e. The van der Waals surface area contributed by atoms with Crippen LogP contribution in [-0.2, 0) is 9.59 Å². The van der Waals surface area contributed by atoms with Crippen LogP contribution in [0.3, 0.4) is 0 Å². The molecule has 0 fully saturated rings. The first-order valence-electron chi connectivity index (χ1n) is 8.43. The molecule has 2 rings (SSSR count). The first kappa shape index (κ1) is 20.0. The maximum atomic E-state index is 12.1. The summed E-state index contributed by atoms with van der Waals surface area (Å²) in [5.74, 6) is -0.861. The van der Waals surface area contributed by atoms with Gasteiger partial charge in [0.2, 0.25) is 11.8 Å². The van der Waals surface area contributed by atoms with Gasteiger partial charge in [-0.1, -0.05) is 17.7 Å². The molecule has 4 N–H and O–H groups in total. The Morgan fingerprint density at radius 3 is 2.11 bits per heavy atom. The number of nitrogens with one attached hydrogen (secondary N) is 2. The quantitative estimate of drug-likeness (QED) is 0.691. The van der Waals surface area contributed by atoms with Gasteiger partial charge in [-0.3, -0.25) is 14.4 Å². The SMILES string of the molecule is Cc1cc(C)c(NC(=O)CNC(=O)COc2ccc(C(N)=O)cc2)c(C)c1. The second-order valence-corrected chi connectivity index (χ2v) is 6.28. The molecule has 2 aromatic rings. The summed E-state index contributed by atoms with van der Waals surface area (Å²) in [6.07, 6.45) is 0. The number of hydrogen-bond acceptors (Lipinski definition) is 4. The van der Waals surface area contributed by atoms with Gasteiger partial charge in [-0.15, -0.1) is 0 Å². The van der Waals surface area contributed by atoms with E-state index in [1.165, 1.54) is 12.1 Å². The monoisotopic (exact) mass is 369 g/mol. The summed E-state index contributed by atoms with van der Waals surface area (Å²) in [6.45, 7) is 5.44. The predicted octanol–water partition coefficient (Wildman–Crippen LogP) is 1.84. The fraction of sp³-hybridized carbons (Fsp3) is 0.250. The highest BCUT2D eigenvalue weighted by atomic mass is 16.5. The standard InChI is InChI=1S/C20H23N3O4/c1-12-8-13(2)19(14(3)9-12)23-17(24)10-22-18(25)11-27-16-6-4-15(5-7-16)20(21)26/h4-9H,10-11H2,1-3H3,(H2,21,26)(H,22,25)(H,23,24). The highest BCUT2D eigenvalue weighted by Gasteiger charge is 2.10. The second kappa shape index (κ2) is 8.84. The van der Waals surface area contributed by atoms with E-state index in [0.29, 0.717) is 11.3 Å². The molecule has 0 unspecified atom stereocenters. The fourth-order valence-corrected chi connectivity index (χ4v) is 2.66. The van der Waals surface area contributed by atoms with Crippen molar-refractivity contribution >= 4 is 23.4 Å². The van der Waals surface area contributed by atoms with Crippen LogP contribution in [0.15, 0.2) is 36.4 Å². The molecule has 0 saturated heterocycles. The lowest BCUT2D eigenvalue weighted by molar-refractivity contribution is -0.125. The number of carbonyl (C=O) groups is 3. The molecular weight excluding hydrogens is 346 g/mol. The number of rotatable bonds is 7. The molecule has 142 valence electrons. The van der Waals surface area contributed by atoms with Crippen LogP contribution < -0.4 is 21.1 Å². The molecule has 0 aliphatic heterocycles.